The van der Waals surface area contributed by atoms with Gasteiger partial charge in [-0.1, -0.05) is 21.6 Å². The molecule has 0 aromatic carbocycles. The number of nitrogens with one attached hydrogen (secondary N) is 1. The SMILES string of the molecule is CC1SSC2(C)C(=O)NC1C(=O)N2Cc1ncccn1. The standard InChI is InChI=1S/C12H14N4O2S2/c1-7-9-10(17)16(6-8-13-4-3-5-14-8)12(2,20-19-7)11(18)15-9/h3-5,7,9H,6H2,1-2H3,(H,15,18). The minimum absolute atomic E-state index is 0.0416. The Hall–Kier alpha value is -1.28. The number of nitrogens with zero attached hydrogens (tertiary/aromatic N) is 3. The largest absolute Gasteiger partial charge is 0.340 e. The molecule has 1 aromatic heterocycles. The van der Waals surface area contributed by atoms with Crippen LogP contribution in [0.1, 0.15) is 19.7 Å². The molecule has 6 nitrogen and oxygen atoms in total. The maximum absolute atomic E-state index is 12.6. The molecule has 8 heteroatoms. The lowest BCUT2D eigenvalue weighted by molar-refractivity contribution is -0.151. The van der Waals surface area contributed by atoms with Crippen molar-refractivity contribution in [2.75, 3.05) is 0 Å². The highest BCUT2D eigenvalue weighted by atomic mass is 33.1. The van der Waals surface area contributed by atoms with E-state index in [1.54, 1.807) is 41.1 Å². The van der Waals surface area contributed by atoms with Crippen LogP contribution in [-0.4, -0.2) is 42.8 Å². The lowest BCUT2D eigenvalue weighted by atomic mass is 10.1. The number of carbonyl (C=O) groups is 2. The lowest BCUT2D eigenvalue weighted by Gasteiger charge is -2.42. The molecule has 4 heterocycles. The average Bonchev–Trinajstić information content (AvgIpc) is 2.61. The molecule has 106 valence electrons. The van der Waals surface area contributed by atoms with Gasteiger partial charge >= 0.3 is 0 Å². The van der Waals surface area contributed by atoms with Crippen molar-refractivity contribution in [1.82, 2.24) is 20.2 Å². The predicted molar refractivity (Wildman–Crippen MR) is 77.6 cm³/mol. The molecular formula is C12H14N4O2S2. The summed E-state index contributed by atoms with van der Waals surface area (Å²) in [7, 11) is 3.00. The highest BCUT2D eigenvalue weighted by Gasteiger charge is 2.55. The number of carbonyl (C=O) groups excluding carboxylic acids is 2. The quantitative estimate of drug-likeness (QED) is 0.815. The highest BCUT2D eigenvalue weighted by molar-refractivity contribution is 8.77. The van der Waals surface area contributed by atoms with E-state index < -0.39 is 10.9 Å². The number of hydrogen-bond donors (Lipinski definition) is 1. The molecule has 3 aliphatic heterocycles. The van der Waals surface area contributed by atoms with Crippen LogP contribution in [-0.2, 0) is 16.1 Å². The minimum Gasteiger partial charge on any atom is -0.340 e. The van der Waals surface area contributed by atoms with Crippen molar-refractivity contribution in [2.45, 2.75) is 36.6 Å². The van der Waals surface area contributed by atoms with E-state index in [0.29, 0.717) is 5.82 Å². The predicted octanol–water partition coefficient (Wildman–Crippen LogP) is 0.803. The number of piperazine rings is 1. The Labute approximate surface area is 124 Å². The Balaban J connectivity index is 1.96. The van der Waals surface area contributed by atoms with Crippen LogP contribution >= 0.6 is 21.6 Å². The van der Waals surface area contributed by atoms with Crippen molar-refractivity contribution in [3.8, 4) is 0 Å². The molecule has 20 heavy (non-hydrogen) atoms. The summed E-state index contributed by atoms with van der Waals surface area (Å²) >= 11 is 0. The van der Waals surface area contributed by atoms with Crippen LogP contribution in [0.15, 0.2) is 18.5 Å². The van der Waals surface area contributed by atoms with E-state index in [2.05, 4.69) is 15.3 Å². The maximum atomic E-state index is 12.6. The number of aromatic nitrogens is 2. The van der Waals surface area contributed by atoms with Gasteiger partial charge in [-0.15, -0.1) is 0 Å². The average molecular weight is 310 g/mol. The number of hydrogen-bond acceptors (Lipinski definition) is 6. The zero-order valence-electron chi connectivity index (χ0n) is 11.1. The van der Waals surface area contributed by atoms with Crippen LogP contribution in [0, 0.1) is 0 Å². The van der Waals surface area contributed by atoms with Gasteiger partial charge in [0.15, 0.2) is 4.87 Å². The molecule has 0 saturated carbocycles. The molecular weight excluding hydrogens is 296 g/mol. The molecule has 3 atom stereocenters. The van der Waals surface area contributed by atoms with Gasteiger partial charge < -0.3 is 10.2 Å². The van der Waals surface area contributed by atoms with Crippen molar-refractivity contribution in [3.05, 3.63) is 24.3 Å². The summed E-state index contributed by atoms with van der Waals surface area (Å²) in [4.78, 5) is 33.9. The topological polar surface area (TPSA) is 75.2 Å². The van der Waals surface area contributed by atoms with Crippen LogP contribution in [0.2, 0.25) is 0 Å². The van der Waals surface area contributed by atoms with Crippen LogP contribution < -0.4 is 5.32 Å². The normalized spacial score (nSPS) is 33.0. The second-order valence-electron chi connectivity index (χ2n) is 4.91. The summed E-state index contributed by atoms with van der Waals surface area (Å²) in [6, 6.07) is 1.25. The zero-order chi connectivity index (χ0) is 14.3. The first kappa shape index (κ1) is 13.7. The summed E-state index contributed by atoms with van der Waals surface area (Å²) in [6.45, 7) is 3.98. The molecule has 0 spiro atoms. The molecule has 2 bridgehead atoms. The summed E-state index contributed by atoms with van der Waals surface area (Å²) in [5.41, 5.74) is 0. The Morgan fingerprint density at radius 3 is 2.80 bits per heavy atom. The second kappa shape index (κ2) is 4.92. The Kier molecular flexibility index (Phi) is 3.37. The fraction of sp³-hybridized carbons (Fsp3) is 0.500. The zero-order valence-corrected chi connectivity index (χ0v) is 12.7. The smallest absolute Gasteiger partial charge is 0.257 e. The van der Waals surface area contributed by atoms with Crippen LogP contribution in [0.25, 0.3) is 0 Å². The van der Waals surface area contributed by atoms with Crippen molar-refractivity contribution < 1.29 is 9.59 Å². The van der Waals surface area contributed by atoms with E-state index in [9.17, 15) is 9.59 Å². The first-order valence-electron chi connectivity index (χ1n) is 6.25. The summed E-state index contributed by atoms with van der Waals surface area (Å²) in [6.07, 6.45) is 3.27. The number of amides is 2. The van der Waals surface area contributed by atoms with E-state index >= 15 is 0 Å². The van der Waals surface area contributed by atoms with Crippen LogP contribution in [0.5, 0.6) is 0 Å². The third kappa shape index (κ3) is 2.07. The number of fused-ring (bicyclic) bond motifs is 4. The maximum Gasteiger partial charge on any atom is 0.257 e. The van der Waals surface area contributed by atoms with E-state index in [1.807, 2.05) is 6.92 Å². The molecule has 0 radical (unpaired) electrons. The van der Waals surface area contributed by atoms with Crippen LogP contribution in [0.4, 0.5) is 0 Å². The van der Waals surface area contributed by atoms with Gasteiger partial charge in [0, 0.05) is 17.6 Å². The third-order valence-electron chi connectivity index (χ3n) is 3.51. The molecule has 4 rings (SSSR count). The van der Waals surface area contributed by atoms with Gasteiger partial charge in [0.25, 0.3) is 5.91 Å². The monoisotopic (exact) mass is 310 g/mol. The molecule has 2 amide bonds. The molecule has 1 N–H and O–H groups in total. The van der Waals surface area contributed by atoms with Gasteiger partial charge in [0.1, 0.15) is 11.9 Å². The van der Waals surface area contributed by atoms with Crippen molar-refractivity contribution in [1.29, 1.82) is 0 Å². The van der Waals surface area contributed by atoms with Crippen LogP contribution in [0.3, 0.4) is 0 Å². The third-order valence-corrected chi connectivity index (χ3v) is 7.08. The van der Waals surface area contributed by atoms with Crippen molar-refractivity contribution in [2.24, 2.45) is 0 Å². The van der Waals surface area contributed by atoms with E-state index in [0.717, 1.165) is 0 Å². The van der Waals surface area contributed by atoms with Gasteiger partial charge in [0.05, 0.1) is 6.54 Å². The molecule has 3 fully saturated rings. The van der Waals surface area contributed by atoms with Crippen molar-refractivity contribution in [3.63, 3.8) is 0 Å². The van der Waals surface area contributed by atoms with E-state index in [1.165, 1.54) is 10.8 Å². The molecule has 3 saturated heterocycles. The fourth-order valence-electron chi connectivity index (χ4n) is 2.25. The van der Waals surface area contributed by atoms with Crippen molar-refractivity contribution >= 4 is 33.4 Å². The summed E-state index contributed by atoms with van der Waals surface area (Å²) in [5, 5.41) is 2.86. The molecule has 1 aromatic rings. The highest BCUT2D eigenvalue weighted by Crippen LogP contribution is 2.48. The van der Waals surface area contributed by atoms with Gasteiger partial charge in [-0.2, -0.15) is 0 Å². The molecule has 3 aliphatic rings. The summed E-state index contributed by atoms with van der Waals surface area (Å²) < 4.78 is 0. The minimum atomic E-state index is -0.914. The molecule has 3 unspecified atom stereocenters. The van der Waals surface area contributed by atoms with E-state index in [-0.39, 0.29) is 23.6 Å². The second-order valence-corrected chi connectivity index (χ2v) is 7.88. The first-order chi connectivity index (χ1) is 9.52. The first-order valence-corrected chi connectivity index (χ1v) is 8.46. The van der Waals surface area contributed by atoms with Gasteiger partial charge in [-0.05, 0) is 19.9 Å². The lowest BCUT2D eigenvalue weighted by Crippen LogP contribution is -2.67. The van der Waals surface area contributed by atoms with Gasteiger partial charge in [0.2, 0.25) is 5.91 Å². The van der Waals surface area contributed by atoms with Gasteiger partial charge in [-0.25, -0.2) is 9.97 Å². The fourth-order valence-corrected chi connectivity index (χ4v) is 5.11. The molecule has 0 aliphatic carbocycles. The summed E-state index contributed by atoms with van der Waals surface area (Å²) in [5.74, 6) is 0.352. The Morgan fingerprint density at radius 2 is 2.10 bits per heavy atom. The Bertz CT molecular complexity index is 556. The Morgan fingerprint density at radius 1 is 1.40 bits per heavy atom. The number of rotatable bonds is 2. The van der Waals surface area contributed by atoms with Gasteiger partial charge in [-0.3, -0.25) is 9.59 Å². The van der Waals surface area contributed by atoms with E-state index in [4.69, 9.17) is 0 Å².